The summed E-state index contributed by atoms with van der Waals surface area (Å²) in [4.78, 5) is 0.244. The number of ether oxygens (including phenoxy) is 1. The molecule has 0 saturated heterocycles. The summed E-state index contributed by atoms with van der Waals surface area (Å²) in [6.07, 6.45) is 1.45. The van der Waals surface area contributed by atoms with Crippen molar-refractivity contribution in [3.63, 3.8) is 0 Å². The fraction of sp³-hybridized carbons (Fsp3) is 0.308. The zero-order chi connectivity index (χ0) is 14.2. The standard InChI is InChI=1S/C13H16N2O3S/c1-9-7-8-15(14-9)19(16,17)13-6-5-12(18-4)10(2)11(13)3/h5-8H,1-4H3. The Balaban J connectivity index is 2.62. The lowest BCUT2D eigenvalue weighted by Crippen LogP contribution is -2.15. The van der Waals surface area contributed by atoms with Crippen LogP contribution in [0.1, 0.15) is 16.8 Å². The first-order valence-electron chi connectivity index (χ1n) is 5.80. The van der Waals surface area contributed by atoms with Gasteiger partial charge in [-0.3, -0.25) is 0 Å². The van der Waals surface area contributed by atoms with Crippen LogP contribution in [0, 0.1) is 20.8 Å². The quantitative estimate of drug-likeness (QED) is 0.863. The molecular formula is C13H16N2O3S. The molecule has 0 spiro atoms. The fourth-order valence-corrected chi connectivity index (χ4v) is 3.34. The lowest BCUT2D eigenvalue weighted by molar-refractivity contribution is 0.410. The number of aromatic nitrogens is 2. The van der Waals surface area contributed by atoms with Crippen LogP contribution in [-0.2, 0) is 10.0 Å². The molecule has 0 N–H and O–H groups in total. The number of hydrogen-bond donors (Lipinski definition) is 0. The number of methoxy groups -OCH3 is 1. The molecule has 2 aromatic rings. The second-order valence-electron chi connectivity index (χ2n) is 4.35. The third kappa shape index (κ3) is 2.23. The predicted molar refractivity (Wildman–Crippen MR) is 72.0 cm³/mol. The summed E-state index contributed by atoms with van der Waals surface area (Å²) < 4.78 is 31.1. The predicted octanol–water partition coefficient (Wildman–Crippen LogP) is 2.05. The molecule has 2 rings (SSSR count). The summed E-state index contributed by atoms with van der Waals surface area (Å²) >= 11 is 0. The van der Waals surface area contributed by atoms with Gasteiger partial charge in [-0.1, -0.05) is 0 Å². The molecule has 1 aromatic heterocycles. The zero-order valence-electron chi connectivity index (χ0n) is 11.3. The van der Waals surface area contributed by atoms with Gasteiger partial charge in [0.15, 0.2) is 0 Å². The number of nitrogens with zero attached hydrogens (tertiary/aromatic N) is 2. The van der Waals surface area contributed by atoms with Crippen molar-refractivity contribution in [3.8, 4) is 5.75 Å². The van der Waals surface area contributed by atoms with Crippen molar-refractivity contribution in [3.05, 3.63) is 41.2 Å². The van der Waals surface area contributed by atoms with Crippen LogP contribution >= 0.6 is 0 Å². The minimum Gasteiger partial charge on any atom is -0.496 e. The third-order valence-corrected chi connectivity index (χ3v) is 4.83. The van der Waals surface area contributed by atoms with Gasteiger partial charge in [0.25, 0.3) is 10.0 Å². The van der Waals surface area contributed by atoms with E-state index in [9.17, 15) is 8.42 Å². The second kappa shape index (κ2) is 4.70. The first-order chi connectivity index (χ1) is 8.87. The van der Waals surface area contributed by atoms with Gasteiger partial charge in [-0.15, -0.1) is 0 Å². The van der Waals surface area contributed by atoms with Crippen molar-refractivity contribution >= 4 is 10.0 Å². The highest BCUT2D eigenvalue weighted by molar-refractivity contribution is 7.89. The Labute approximate surface area is 112 Å². The second-order valence-corrected chi connectivity index (χ2v) is 6.11. The molecule has 0 aliphatic carbocycles. The maximum Gasteiger partial charge on any atom is 0.283 e. The average molecular weight is 280 g/mol. The number of aryl methyl sites for hydroxylation is 1. The van der Waals surface area contributed by atoms with E-state index in [1.165, 1.54) is 6.20 Å². The number of hydrogen-bond acceptors (Lipinski definition) is 4. The highest BCUT2D eigenvalue weighted by atomic mass is 32.2. The summed E-state index contributed by atoms with van der Waals surface area (Å²) in [5, 5.41) is 3.97. The van der Waals surface area contributed by atoms with E-state index >= 15 is 0 Å². The lowest BCUT2D eigenvalue weighted by atomic mass is 10.1. The van der Waals surface area contributed by atoms with Gasteiger partial charge in [0.1, 0.15) is 5.75 Å². The Hall–Kier alpha value is -1.82. The molecule has 6 heteroatoms. The first-order valence-corrected chi connectivity index (χ1v) is 7.24. The topological polar surface area (TPSA) is 61.2 Å². The van der Waals surface area contributed by atoms with E-state index in [1.54, 1.807) is 39.2 Å². The van der Waals surface area contributed by atoms with Gasteiger partial charge < -0.3 is 4.74 Å². The van der Waals surface area contributed by atoms with Crippen molar-refractivity contribution in [2.45, 2.75) is 25.7 Å². The average Bonchev–Trinajstić information content (AvgIpc) is 2.79. The zero-order valence-corrected chi connectivity index (χ0v) is 12.2. The molecule has 5 nitrogen and oxygen atoms in total. The van der Waals surface area contributed by atoms with Crippen LogP contribution in [0.2, 0.25) is 0 Å². The Morgan fingerprint density at radius 3 is 2.32 bits per heavy atom. The Morgan fingerprint density at radius 1 is 1.11 bits per heavy atom. The van der Waals surface area contributed by atoms with Gasteiger partial charge in [0.2, 0.25) is 0 Å². The molecule has 0 saturated carbocycles. The molecule has 19 heavy (non-hydrogen) atoms. The molecule has 0 radical (unpaired) electrons. The molecular weight excluding hydrogens is 264 g/mol. The maximum absolute atomic E-state index is 12.5. The van der Waals surface area contributed by atoms with E-state index in [4.69, 9.17) is 4.74 Å². The van der Waals surface area contributed by atoms with Gasteiger partial charge in [-0.25, -0.2) is 0 Å². The summed E-state index contributed by atoms with van der Waals surface area (Å²) in [5.74, 6) is 0.674. The van der Waals surface area contributed by atoms with Crippen molar-refractivity contribution in [1.82, 2.24) is 9.19 Å². The van der Waals surface area contributed by atoms with Crippen molar-refractivity contribution in [2.24, 2.45) is 0 Å². The summed E-state index contributed by atoms with van der Waals surface area (Å²) in [6, 6.07) is 4.86. The molecule has 0 aliphatic rings. The molecule has 0 fully saturated rings. The maximum atomic E-state index is 12.5. The van der Waals surface area contributed by atoms with Gasteiger partial charge in [-0.05, 0) is 50.1 Å². The van der Waals surface area contributed by atoms with Gasteiger partial charge in [0, 0.05) is 6.20 Å². The minimum atomic E-state index is -3.65. The van der Waals surface area contributed by atoms with E-state index in [0.717, 1.165) is 9.65 Å². The van der Waals surface area contributed by atoms with E-state index in [1.807, 2.05) is 6.92 Å². The Morgan fingerprint density at radius 2 is 1.79 bits per heavy atom. The molecule has 0 amide bonds. The SMILES string of the molecule is COc1ccc(S(=O)(=O)n2ccc(C)n2)c(C)c1C. The molecule has 1 aromatic carbocycles. The van der Waals surface area contributed by atoms with Crippen molar-refractivity contribution in [1.29, 1.82) is 0 Å². The van der Waals surface area contributed by atoms with E-state index in [-0.39, 0.29) is 4.90 Å². The van der Waals surface area contributed by atoms with Crippen LogP contribution in [0.25, 0.3) is 0 Å². The molecule has 0 atom stereocenters. The summed E-state index contributed by atoms with van der Waals surface area (Å²) in [6.45, 7) is 5.35. The number of benzene rings is 1. The highest BCUT2D eigenvalue weighted by Gasteiger charge is 2.22. The van der Waals surface area contributed by atoms with Crippen LogP contribution in [0.3, 0.4) is 0 Å². The largest absolute Gasteiger partial charge is 0.496 e. The summed E-state index contributed by atoms with van der Waals surface area (Å²) in [5.41, 5.74) is 2.14. The van der Waals surface area contributed by atoms with Crippen LogP contribution in [0.5, 0.6) is 5.75 Å². The van der Waals surface area contributed by atoms with Crippen molar-refractivity contribution < 1.29 is 13.2 Å². The van der Waals surface area contributed by atoms with Gasteiger partial charge >= 0.3 is 0 Å². The van der Waals surface area contributed by atoms with Gasteiger partial charge in [0.05, 0.1) is 17.7 Å². The molecule has 0 aliphatic heterocycles. The molecule has 102 valence electrons. The monoisotopic (exact) mass is 280 g/mol. The fourth-order valence-electron chi connectivity index (χ4n) is 1.90. The molecule has 1 heterocycles. The van der Waals surface area contributed by atoms with E-state index in [0.29, 0.717) is 17.0 Å². The molecule has 0 unspecified atom stereocenters. The van der Waals surface area contributed by atoms with Crippen LogP contribution in [0.4, 0.5) is 0 Å². The van der Waals surface area contributed by atoms with Crippen LogP contribution in [-0.4, -0.2) is 24.7 Å². The Kier molecular flexibility index (Phi) is 3.36. The lowest BCUT2D eigenvalue weighted by Gasteiger charge is -2.12. The Bertz CT molecular complexity index is 717. The summed E-state index contributed by atoms with van der Waals surface area (Å²) in [7, 11) is -2.08. The van der Waals surface area contributed by atoms with Crippen molar-refractivity contribution in [2.75, 3.05) is 7.11 Å². The first kappa shape index (κ1) is 13.6. The molecule has 0 bridgehead atoms. The van der Waals surface area contributed by atoms with Crippen LogP contribution in [0.15, 0.2) is 29.3 Å². The van der Waals surface area contributed by atoms with E-state index in [2.05, 4.69) is 5.10 Å². The third-order valence-electron chi connectivity index (χ3n) is 3.13. The smallest absolute Gasteiger partial charge is 0.283 e. The number of rotatable bonds is 3. The minimum absolute atomic E-state index is 0.244. The highest BCUT2D eigenvalue weighted by Crippen LogP contribution is 2.27. The van der Waals surface area contributed by atoms with E-state index < -0.39 is 10.0 Å². The van der Waals surface area contributed by atoms with Crippen LogP contribution < -0.4 is 4.74 Å². The normalized spacial score (nSPS) is 11.6. The van der Waals surface area contributed by atoms with Gasteiger partial charge in [-0.2, -0.15) is 17.6 Å².